The van der Waals surface area contributed by atoms with Crippen LogP contribution in [0.3, 0.4) is 0 Å². The zero-order valence-corrected chi connectivity index (χ0v) is 11.2. The highest BCUT2D eigenvalue weighted by molar-refractivity contribution is 6.28. The van der Waals surface area contributed by atoms with Gasteiger partial charge in [-0.1, -0.05) is 19.8 Å². The first-order valence-electron chi connectivity index (χ1n) is 6.83. The van der Waals surface area contributed by atoms with Gasteiger partial charge in [-0.3, -0.25) is 0 Å². The molecule has 0 N–H and O–H groups in total. The van der Waals surface area contributed by atoms with Crippen LogP contribution in [0.5, 0.6) is 0 Å². The highest BCUT2D eigenvalue weighted by atomic mass is 35.5. The largest absolute Gasteiger partial charge is 0.301 e. The molecule has 2 saturated carbocycles. The SMILES string of the molecule is CCC1(Cn2c(Cl)nnc2C2CC2)CCCC1. The molecule has 3 nitrogen and oxygen atoms in total. The lowest BCUT2D eigenvalue weighted by atomic mass is 9.83. The van der Waals surface area contributed by atoms with Crippen LogP contribution < -0.4 is 0 Å². The topological polar surface area (TPSA) is 30.7 Å². The number of hydrogen-bond acceptors (Lipinski definition) is 2. The van der Waals surface area contributed by atoms with Gasteiger partial charge < -0.3 is 4.57 Å². The van der Waals surface area contributed by atoms with Crippen molar-refractivity contribution in [3.63, 3.8) is 0 Å². The summed E-state index contributed by atoms with van der Waals surface area (Å²) in [6.07, 6.45) is 9.16. The lowest BCUT2D eigenvalue weighted by Crippen LogP contribution is -2.24. The maximum Gasteiger partial charge on any atom is 0.225 e. The van der Waals surface area contributed by atoms with E-state index in [9.17, 15) is 0 Å². The minimum absolute atomic E-state index is 0.454. The Hall–Kier alpha value is -0.570. The smallest absolute Gasteiger partial charge is 0.225 e. The second-order valence-corrected chi connectivity index (χ2v) is 6.09. The van der Waals surface area contributed by atoms with E-state index in [1.807, 2.05) is 0 Å². The molecule has 0 amide bonds. The Morgan fingerprint density at radius 1 is 1.29 bits per heavy atom. The molecular weight excluding hydrogens is 234 g/mol. The van der Waals surface area contributed by atoms with Gasteiger partial charge in [-0.2, -0.15) is 0 Å². The average Bonchev–Trinajstić information content (AvgIpc) is 2.97. The predicted molar refractivity (Wildman–Crippen MR) is 68.2 cm³/mol. The van der Waals surface area contributed by atoms with Crippen LogP contribution in [-0.4, -0.2) is 14.8 Å². The molecule has 0 aromatic carbocycles. The van der Waals surface area contributed by atoms with Crippen molar-refractivity contribution in [3.05, 3.63) is 11.1 Å². The van der Waals surface area contributed by atoms with Crippen molar-refractivity contribution >= 4 is 11.6 Å². The number of rotatable bonds is 4. The van der Waals surface area contributed by atoms with Crippen molar-refractivity contribution in [3.8, 4) is 0 Å². The lowest BCUT2D eigenvalue weighted by Gasteiger charge is -2.28. The van der Waals surface area contributed by atoms with Gasteiger partial charge in [-0.15, -0.1) is 10.2 Å². The van der Waals surface area contributed by atoms with Crippen LogP contribution in [0.15, 0.2) is 0 Å². The normalized spacial score (nSPS) is 23.2. The molecule has 94 valence electrons. The van der Waals surface area contributed by atoms with E-state index in [-0.39, 0.29) is 0 Å². The minimum atomic E-state index is 0.454. The molecule has 0 aliphatic heterocycles. The molecule has 0 bridgehead atoms. The number of nitrogens with zero attached hydrogens (tertiary/aromatic N) is 3. The Morgan fingerprint density at radius 3 is 2.59 bits per heavy atom. The van der Waals surface area contributed by atoms with E-state index < -0.39 is 0 Å². The maximum absolute atomic E-state index is 6.20. The standard InChI is InChI=1S/C13H20ClN3/c1-2-13(7-3-4-8-13)9-17-11(10-5-6-10)15-16-12(17)14/h10H,2-9H2,1H3. The molecule has 4 heteroatoms. The average molecular weight is 254 g/mol. The van der Waals surface area contributed by atoms with E-state index in [1.54, 1.807) is 0 Å². The van der Waals surface area contributed by atoms with E-state index in [1.165, 1.54) is 44.9 Å². The molecular formula is C13H20ClN3. The first kappa shape index (κ1) is 11.5. The quantitative estimate of drug-likeness (QED) is 0.818. The Bertz CT molecular complexity index is 403. The summed E-state index contributed by atoms with van der Waals surface area (Å²) < 4.78 is 2.19. The fraction of sp³-hybridized carbons (Fsp3) is 0.846. The van der Waals surface area contributed by atoms with Crippen molar-refractivity contribution in [1.82, 2.24) is 14.8 Å². The molecule has 1 aromatic heterocycles. The summed E-state index contributed by atoms with van der Waals surface area (Å²) in [6, 6.07) is 0. The van der Waals surface area contributed by atoms with Crippen LogP contribution in [-0.2, 0) is 6.54 Å². The van der Waals surface area contributed by atoms with Crippen molar-refractivity contribution < 1.29 is 0 Å². The highest BCUT2D eigenvalue weighted by Gasteiger charge is 2.36. The second kappa shape index (κ2) is 4.27. The van der Waals surface area contributed by atoms with Gasteiger partial charge in [0.2, 0.25) is 5.28 Å². The first-order chi connectivity index (χ1) is 8.24. The summed E-state index contributed by atoms with van der Waals surface area (Å²) >= 11 is 6.20. The Kier molecular flexibility index (Phi) is 2.89. The third kappa shape index (κ3) is 2.10. The van der Waals surface area contributed by atoms with Crippen molar-refractivity contribution in [2.24, 2.45) is 5.41 Å². The zero-order valence-electron chi connectivity index (χ0n) is 10.5. The second-order valence-electron chi connectivity index (χ2n) is 5.75. The van der Waals surface area contributed by atoms with Crippen molar-refractivity contribution in [2.45, 2.75) is 64.3 Å². The van der Waals surface area contributed by atoms with E-state index >= 15 is 0 Å². The van der Waals surface area contributed by atoms with E-state index in [0.717, 1.165) is 12.4 Å². The molecule has 3 rings (SSSR count). The predicted octanol–water partition coefficient (Wildman–Crippen LogP) is 3.78. The first-order valence-corrected chi connectivity index (χ1v) is 7.20. The van der Waals surface area contributed by atoms with Gasteiger partial charge in [0.1, 0.15) is 5.82 Å². The third-order valence-electron chi connectivity index (χ3n) is 4.58. The monoisotopic (exact) mass is 253 g/mol. The molecule has 0 spiro atoms. The molecule has 0 unspecified atom stereocenters. The summed E-state index contributed by atoms with van der Waals surface area (Å²) in [4.78, 5) is 0. The van der Waals surface area contributed by atoms with Crippen LogP contribution in [0, 0.1) is 5.41 Å². The number of hydrogen-bond donors (Lipinski definition) is 0. The lowest BCUT2D eigenvalue weighted by molar-refractivity contribution is 0.234. The highest BCUT2D eigenvalue weighted by Crippen LogP contribution is 2.45. The summed E-state index contributed by atoms with van der Waals surface area (Å²) in [5, 5.41) is 8.92. The summed E-state index contributed by atoms with van der Waals surface area (Å²) in [7, 11) is 0. The van der Waals surface area contributed by atoms with Gasteiger partial charge >= 0.3 is 0 Å². The minimum Gasteiger partial charge on any atom is -0.301 e. The van der Waals surface area contributed by atoms with Gasteiger partial charge in [0, 0.05) is 12.5 Å². The molecule has 1 heterocycles. The Morgan fingerprint density at radius 2 is 2.00 bits per heavy atom. The van der Waals surface area contributed by atoms with E-state index in [0.29, 0.717) is 16.6 Å². The van der Waals surface area contributed by atoms with Crippen LogP contribution in [0.1, 0.15) is 63.6 Å². The fourth-order valence-corrected chi connectivity index (χ4v) is 3.35. The zero-order chi connectivity index (χ0) is 11.9. The molecule has 1 aromatic rings. The van der Waals surface area contributed by atoms with Crippen LogP contribution >= 0.6 is 11.6 Å². The van der Waals surface area contributed by atoms with Crippen LogP contribution in [0.25, 0.3) is 0 Å². The van der Waals surface area contributed by atoms with E-state index in [4.69, 9.17) is 11.6 Å². The van der Waals surface area contributed by atoms with Gasteiger partial charge in [0.25, 0.3) is 0 Å². The van der Waals surface area contributed by atoms with E-state index in [2.05, 4.69) is 21.7 Å². The fourth-order valence-electron chi connectivity index (χ4n) is 3.17. The number of aromatic nitrogens is 3. The van der Waals surface area contributed by atoms with Crippen molar-refractivity contribution in [2.75, 3.05) is 0 Å². The third-order valence-corrected chi connectivity index (χ3v) is 4.86. The molecule has 0 atom stereocenters. The number of halogens is 1. The van der Waals surface area contributed by atoms with Gasteiger partial charge in [-0.25, -0.2) is 0 Å². The molecule has 2 aliphatic rings. The van der Waals surface area contributed by atoms with Gasteiger partial charge in [-0.05, 0) is 49.1 Å². The summed E-state index contributed by atoms with van der Waals surface area (Å²) in [5.74, 6) is 1.76. The Balaban J connectivity index is 1.85. The molecule has 2 fully saturated rings. The van der Waals surface area contributed by atoms with Crippen LogP contribution in [0.2, 0.25) is 5.28 Å². The Labute approximate surface area is 108 Å². The van der Waals surface area contributed by atoms with Gasteiger partial charge in [0.15, 0.2) is 0 Å². The molecule has 0 radical (unpaired) electrons. The van der Waals surface area contributed by atoms with Gasteiger partial charge in [0.05, 0.1) is 0 Å². The summed E-state index contributed by atoms with van der Waals surface area (Å²) in [6.45, 7) is 3.33. The van der Waals surface area contributed by atoms with Crippen LogP contribution in [0.4, 0.5) is 0 Å². The molecule has 2 aliphatic carbocycles. The maximum atomic E-state index is 6.20. The summed E-state index contributed by atoms with van der Waals surface area (Å²) in [5.41, 5.74) is 0.454. The molecule has 17 heavy (non-hydrogen) atoms. The van der Waals surface area contributed by atoms with Crippen molar-refractivity contribution in [1.29, 1.82) is 0 Å². The molecule has 0 saturated heterocycles.